The molecule has 2 saturated heterocycles. The molecule has 2 heterocycles. The van der Waals surface area contributed by atoms with Crippen LogP contribution in [0.3, 0.4) is 0 Å². The van der Waals surface area contributed by atoms with Gasteiger partial charge in [-0.1, -0.05) is 0 Å². The summed E-state index contributed by atoms with van der Waals surface area (Å²) in [5.74, 6) is 0.280. The Morgan fingerprint density at radius 3 is 2.52 bits per heavy atom. The lowest BCUT2D eigenvalue weighted by molar-refractivity contribution is -0.144. The van der Waals surface area contributed by atoms with Crippen LogP contribution in [-0.4, -0.2) is 72.7 Å². The van der Waals surface area contributed by atoms with Gasteiger partial charge < -0.3 is 15.0 Å². The lowest BCUT2D eigenvalue weighted by atomic mass is 10.2. The Balaban J connectivity index is 1.53. The Labute approximate surface area is 128 Å². The van der Waals surface area contributed by atoms with Crippen molar-refractivity contribution in [2.75, 3.05) is 32.7 Å². The zero-order valence-corrected chi connectivity index (χ0v) is 13.4. The summed E-state index contributed by atoms with van der Waals surface area (Å²) in [5.41, 5.74) is 0. The van der Waals surface area contributed by atoms with Crippen molar-refractivity contribution in [3.05, 3.63) is 0 Å². The number of amides is 1. The minimum absolute atomic E-state index is 0.156. The van der Waals surface area contributed by atoms with Crippen LogP contribution in [0.4, 0.5) is 0 Å². The Hall–Kier alpha value is -0.650. The number of carbonyl (C=O) groups excluding carboxylic acids is 1. The molecule has 1 saturated carbocycles. The number of morpholine rings is 1. The standard InChI is InChI=1S/C16H29N3O2/c1-12-8-19(9-13(2)21-12)16(20)11-18(15-5-6-15)10-14-4-3-7-17-14/h12-15,17H,3-11H2,1-2H3. The summed E-state index contributed by atoms with van der Waals surface area (Å²) < 4.78 is 5.72. The number of carbonyl (C=O) groups is 1. The maximum absolute atomic E-state index is 12.6. The van der Waals surface area contributed by atoms with Gasteiger partial charge in [0.1, 0.15) is 0 Å². The van der Waals surface area contributed by atoms with Crippen LogP contribution in [0.1, 0.15) is 39.5 Å². The second kappa shape index (κ2) is 6.63. The topological polar surface area (TPSA) is 44.8 Å². The molecule has 0 radical (unpaired) electrons. The fourth-order valence-corrected chi connectivity index (χ4v) is 3.63. The minimum Gasteiger partial charge on any atom is -0.372 e. The van der Waals surface area contributed by atoms with Gasteiger partial charge in [-0.3, -0.25) is 9.69 Å². The van der Waals surface area contributed by atoms with Gasteiger partial charge in [-0.25, -0.2) is 0 Å². The smallest absolute Gasteiger partial charge is 0.236 e. The third-order valence-electron chi connectivity index (χ3n) is 4.79. The normalized spacial score (nSPS) is 33.7. The van der Waals surface area contributed by atoms with E-state index in [-0.39, 0.29) is 18.1 Å². The Morgan fingerprint density at radius 2 is 1.95 bits per heavy atom. The SMILES string of the molecule is CC1CN(C(=O)CN(CC2CCCN2)C2CC2)CC(C)O1. The first-order chi connectivity index (χ1) is 10.1. The van der Waals surface area contributed by atoms with Crippen LogP contribution in [0.15, 0.2) is 0 Å². The highest BCUT2D eigenvalue weighted by Crippen LogP contribution is 2.27. The average Bonchev–Trinajstić information content (AvgIpc) is 3.15. The number of nitrogens with one attached hydrogen (secondary N) is 1. The molecule has 0 aromatic carbocycles. The van der Waals surface area contributed by atoms with Gasteiger partial charge in [-0.05, 0) is 46.1 Å². The van der Waals surface area contributed by atoms with Crippen LogP contribution >= 0.6 is 0 Å². The van der Waals surface area contributed by atoms with E-state index in [1.807, 2.05) is 4.90 Å². The summed E-state index contributed by atoms with van der Waals surface area (Å²) in [5, 5.41) is 3.55. The van der Waals surface area contributed by atoms with Crippen molar-refractivity contribution in [2.45, 2.75) is 63.8 Å². The van der Waals surface area contributed by atoms with Crippen LogP contribution in [0.2, 0.25) is 0 Å². The van der Waals surface area contributed by atoms with E-state index in [2.05, 4.69) is 24.1 Å². The van der Waals surface area contributed by atoms with Crippen molar-refractivity contribution in [1.82, 2.24) is 15.1 Å². The van der Waals surface area contributed by atoms with Gasteiger partial charge in [-0.2, -0.15) is 0 Å². The van der Waals surface area contributed by atoms with Crippen LogP contribution in [0.5, 0.6) is 0 Å². The zero-order chi connectivity index (χ0) is 14.8. The number of rotatable bonds is 5. The Kier molecular flexibility index (Phi) is 4.82. The van der Waals surface area contributed by atoms with Crippen LogP contribution in [-0.2, 0) is 9.53 Å². The number of ether oxygens (including phenoxy) is 1. The molecule has 0 aromatic heterocycles. The Morgan fingerprint density at radius 1 is 1.24 bits per heavy atom. The minimum atomic E-state index is 0.156. The number of hydrogen-bond acceptors (Lipinski definition) is 4. The van der Waals surface area contributed by atoms with E-state index in [0.29, 0.717) is 18.6 Å². The molecule has 21 heavy (non-hydrogen) atoms. The van der Waals surface area contributed by atoms with E-state index in [1.165, 1.54) is 25.7 Å². The first kappa shape index (κ1) is 15.3. The molecule has 1 amide bonds. The summed E-state index contributed by atoms with van der Waals surface area (Å²) in [6.45, 7) is 8.34. The van der Waals surface area contributed by atoms with Gasteiger partial charge in [0.05, 0.1) is 18.8 Å². The predicted molar refractivity (Wildman–Crippen MR) is 82.2 cm³/mol. The number of nitrogens with zero attached hydrogens (tertiary/aromatic N) is 2. The third kappa shape index (κ3) is 4.18. The molecule has 5 heteroatoms. The van der Waals surface area contributed by atoms with Gasteiger partial charge >= 0.3 is 0 Å². The Bertz CT molecular complexity index is 357. The molecule has 0 spiro atoms. The van der Waals surface area contributed by atoms with E-state index in [1.54, 1.807) is 0 Å². The summed E-state index contributed by atoms with van der Waals surface area (Å²) >= 11 is 0. The van der Waals surface area contributed by atoms with Gasteiger partial charge in [0.25, 0.3) is 0 Å². The van der Waals surface area contributed by atoms with E-state index in [0.717, 1.165) is 26.2 Å². The molecular weight excluding hydrogens is 266 g/mol. The monoisotopic (exact) mass is 295 g/mol. The zero-order valence-electron chi connectivity index (χ0n) is 13.4. The second-order valence-corrected chi connectivity index (χ2v) is 7.01. The van der Waals surface area contributed by atoms with Crippen molar-refractivity contribution in [1.29, 1.82) is 0 Å². The summed E-state index contributed by atoms with van der Waals surface area (Å²) in [6, 6.07) is 1.23. The maximum atomic E-state index is 12.6. The van der Waals surface area contributed by atoms with Gasteiger partial charge in [0.15, 0.2) is 0 Å². The molecule has 120 valence electrons. The molecule has 0 aromatic rings. The molecule has 3 aliphatic rings. The van der Waals surface area contributed by atoms with Crippen molar-refractivity contribution in [2.24, 2.45) is 0 Å². The van der Waals surface area contributed by atoms with Crippen LogP contribution < -0.4 is 5.32 Å². The molecule has 1 N–H and O–H groups in total. The van der Waals surface area contributed by atoms with E-state index in [4.69, 9.17) is 4.74 Å². The largest absolute Gasteiger partial charge is 0.372 e. The summed E-state index contributed by atoms with van der Waals surface area (Å²) in [4.78, 5) is 17.0. The van der Waals surface area contributed by atoms with Crippen molar-refractivity contribution in [3.63, 3.8) is 0 Å². The molecule has 3 fully saturated rings. The third-order valence-corrected chi connectivity index (χ3v) is 4.79. The fourth-order valence-electron chi connectivity index (χ4n) is 3.63. The van der Waals surface area contributed by atoms with Gasteiger partial charge in [-0.15, -0.1) is 0 Å². The molecule has 5 nitrogen and oxygen atoms in total. The molecule has 1 aliphatic carbocycles. The fraction of sp³-hybridized carbons (Fsp3) is 0.938. The summed E-state index contributed by atoms with van der Waals surface area (Å²) in [7, 11) is 0. The van der Waals surface area contributed by atoms with E-state index in [9.17, 15) is 4.79 Å². The van der Waals surface area contributed by atoms with E-state index < -0.39 is 0 Å². The highest BCUT2D eigenvalue weighted by Gasteiger charge is 2.34. The lowest BCUT2D eigenvalue weighted by Crippen LogP contribution is -2.52. The predicted octanol–water partition coefficient (Wildman–Crippen LogP) is 0.839. The van der Waals surface area contributed by atoms with Crippen molar-refractivity contribution < 1.29 is 9.53 Å². The van der Waals surface area contributed by atoms with Gasteiger partial charge in [0.2, 0.25) is 5.91 Å². The molecule has 0 bridgehead atoms. The quantitative estimate of drug-likeness (QED) is 0.816. The first-order valence-corrected chi connectivity index (χ1v) is 8.52. The second-order valence-electron chi connectivity index (χ2n) is 7.01. The highest BCUT2D eigenvalue weighted by molar-refractivity contribution is 5.78. The van der Waals surface area contributed by atoms with E-state index >= 15 is 0 Å². The molecule has 3 atom stereocenters. The molecule has 3 unspecified atom stereocenters. The van der Waals surface area contributed by atoms with Crippen LogP contribution in [0.25, 0.3) is 0 Å². The van der Waals surface area contributed by atoms with Crippen LogP contribution in [0, 0.1) is 0 Å². The van der Waals surface area contributed by atoms with Gasteiger partial charge in [0, 0.05) is 31.7 Å². The summed E-state index contributed by atoms with van der Waals surface area (Å²) in [6.07, 6.45) is 5.36. The van der Waals surface area contributed by atoms with Crippen molar-refractivity contribution >= 4 is 5.91 Å². The van der Waals surface area contributed by atoms with Crippen molar-refractivity contribution in [3.8, 4) is 0 Å². The molecule has 2 aliphatic heterocycles. The average molecular weight is 295 g/mol. The molecular formula is C16H29N3O2. The number of hydrogen-bond donors (Lipinski definition) is 1. The first-order valence-electron chi connectivity index (χ1n) is 8.52. The highest BCUT2D eigenvalue weighted by atomic mass is 16.5. The lowest BCUT2D eigenvalue weighted by Gasteiger charge is -2.36. The maximum Gasteiger partial charge on any atom is 0.236 e. The molecule has 3 rings (SSSR count).